The van der Waals surface area contributed by atoms with E-state index in [0.717, 1.165) is 11.3 Å². The summed E-state index contributed by atoms with van der Waals surface area (Å²) in [4.78, 5) is 17.8. The summed E-state index contributed by atoms with van der Waals surface area (Å²) in [6, 6.07) is 14.9. The number of para-hydroxylation sites is 1. The fourth-order valence-corrected chi connectivity index (χ4v) is 3.17. The standard InChI is InChI=1S/C23H24N4O3/c1-23(2,3)20-13-21-25-17(16-9-5-6-10-19(16)29-4)12-18(27(21)26-20)22(28)24-14-15-8-7-11-30-15/h5-13H,14H2,1-4H3,(H,24,28). The van der Waals surface area contributed by atoms with Crippen LogP contribution in [0.4, 0.5) is 0 Å². The Bertz CT molecular complexity index is 1190. The maximum absolute atomic E-state index is 13.1. The minimum Gasteiger partial charge on any atom is -0.496 e. The Morgan fingerprint density at radius 3 is 2.67 bits per heavy atom. The van der Waals surface area contributed by atoms with Crippen molar-refractivity contribution < 1.29 is 13.9 Å². The van der Waals surface area contributed by atoms with Gasteiger partial charge in [0, 0.05) is 17.0 Å². The Balaban J connectivity index is 1.83. The molecule has 1 amide bonds. The summed E-state index contributed by atoms with van der Waals surface area (Å²) in [6.07, 6.45) is 1.58. The van der Waals surface area contributed by atoms with Crippen LogP contribution in [-0.4, -0.2) is 27.6 Å². The molecule has 3 heterocycles. The Morgan fingerprint density at radius 1 is 1.17 bits per heavy atom. The fraction of sp³-hybridized carbons (Fsp3) is 0.261. The van der Waals surface area contributed by atoms with Gasteiger partial charge in [-0.3, -0.25) is 4.79 Å². The van der Waals surface area contributed by atoms with Crippen molar-refractivity contribution in [2.24, 2.45) is 0 Å². The first-order chi connectivity index (χ1) is 14.4. The summed E-state index contributed by atoms with van der Waals surface area (Å²) in [5.41, 5.74) is 3.12. The molecule has 1 N–H and O–H groups in total. The number of fused-ring (bicyclic) bond motifs is 1. The van der Waals surface area contributed by atoms with Crippen molar-refractivity contribution in [1.29, 1.82) is 0 Å². The summed E-state index contributed by atoms with van der Waals surface area (Å²) in [6.45, 7) is 6.51. The van der Waals surface area contributed by atoms with Crippen LogP contribution in [0.15, 0.2) is 59.2 Å². The van der Waals surface area contributed by atoms with Crippen LogP contribution < -0.4 is 10.1 Å². The number of ether oxygens (including phenoxy) is 1. The second-order valence-electron chi connectivity index (χ2n) is 8.04. The molecule has 1 aromatic carbocycles. The van der Waals surface area contributed by atoms with Crippen molar-refractivity contribution in [3.63, 3.8) is 0 Å². The zero-order valence-corrected chi connectivity index (χ0v) is 17.5. The van der Waals surface area contributed by atoms with Crippen molar-refractivity contribution in [2.75, 3.05) is 7.11 Å². The van der Waals surface area contributed by atoms with Crippen LogP contribution in [0, 0.1) is 0 Å². The summed E-state index contributed by atoms with van der Waals surface area (Å²) in [5.74, 6) is 1.10. The summed E-state index contributed by atoms with van der Waals surface area (Å²) >= 11 is 0. The Labute approximate surface area is 174 Å². The van der Waals surface area contributed by atoms with Gasteiger partial charge in [0.15, 0.2) is 5.65 Å². The van der Waals surface area contributed by atoms with E-state index in [9.17, 15) is 4.79 Å². The van der Waals surface area contributed by atoms with E-state index in [1.807, 2.05) is 36.4 Å². The van der Waals surface area contributed by atoms with E-state index < -0.39 is 0 Å². The lowest BCUT2D eigenvalue weighted by molar-refractivity contribution is 0.0940. The number of rotatable bonds is 5. The third kappa shape index (κ3) is 3.78. The molecule has 0 spiro atoms. The van der Waals surface area contributed by atoms with Gasteiger partial charge in [0.2, 0.25) is 0 Å². The highest BCUT2D eigenvalue weighted by atomic mass is 16.5. The maximum atomic E-state index is 13.1. The van der Waals surface area contributed by atoms with Crippen LogP contribution in [0.3, 0.4) is 0 Å². The van der Waals surface area contributed by atoms with E-state index >= 15 is 0 Å². The van der Waals surface area contributed by atoms with E-state index in [2.05, 4.69) is 31.2 Å². The second-order valence-corrected chi connectivity index (χ2v) is 8.04. The normalized spacial score (nSPS) is 11.6. The molecule has 7 nitrogen and oxygen atoms in total. The molecule has 0 aliphatic heterocycles. The highest BCUT2D eigenvalue weighted by molar-refractivity contribution is 5.94. The van der Waals surface area contributed by atoms with Gasteiger partial charge in [-0.2, -0.15) is 5.10 Å². The molecule has 30 heavy (non-hydrogen) atoms. The SMILES string of the molecule is COc1ccccc1-c1cc(C(=O)NCc2ccco2)n2nc(C(C)(C)C)cc2n1. The van der Waals surface area contributed by atoms with E-state index in [1.54, 1.807) is 30.0 Å². The van der Waals surface area contributed by atoms with Crippen LogP contribution in [-0.2, 0) is 12.0 Å². The average molecular weight is 404 g/mol. The van der Waals surface area contributed by atoms with E-state index in [-0.39, 0.29) is 17.9 Å². The molecule has 0 saturated carbocycles. The molecule has 0 radical (unpaired) electrons. The van der Waals surface area contributed by atoms with Gasteiger partial charge in [-0.25, -0.2) is 9.50 Å². The lowest BCUT2D eigenvalue weighted by atomic mass is 9.93. The molecule has 0 saturated heterocycles. The number of carbonyl (C=O) groups excluding carboxylic acids is 1. The van der Waals surface area contributed by atoms with Crippen LogP contribution in [0.25, 0.3) is 16.9 Å². The first kappa shape index (κ1) is 19.7. The molecule has 0 unspecified atom stereocenters. The summed E-state index contributed by atoms with van der Waals surface area (Å²) < 4.78 is 12.4. The number of carbonyl (C=O) groups is 1. The van der Waals surface area contributed by atoms with Crippen LogP contribution in [0.5, 0.6) is 5.75 Å². The number of amides is 1. The molecule has 0 aliphatic rings. The number of benzene rings is 1. The van der Waals surface area contributed by atoms with Crippen molar-refractivity contribution in [2.45, 2.75) is 32.7 Å². The number of hydrogen-bond donors (Lipinski definition) is 1. The molecule has 3 aromatic heterocycles. The van der Waals surface area contributed by atoms with Crippen LogP contribution in [0.2, 0.25) is 0 Å². The van der Waals surface area contributed by atoms with Crippen molar-refractivity contribution in [3.05, 3.63) is 71.9 Å². The highest BCUT2D eigenvalue weighted by Crippen LogP contribution is 2.30. The van der Waals surface area contributed by atoms with E-state index in [0.29, 0.717) is 28.5 Å². The molecular weight excluding hydrogens is 380 g/mol. The molecule has 154 valence electrons. The lowest BCUT2D eigenvalue weighted by Crippen LogP contribution is -2.25. The maximum Gasteiger partial charge on any atom is 0.270 e. The van der Waals surface area contributed by atoms with Crippen molar-refractivity contribution in [3.8, 4) is 17.0 Å². The van der Waals surface area contributed by atoms with Gasteiger partial charge >= 0.3 is 0 Å². The predicted octanol–water partition coefficient (Wildman–Crippen LogP) is 4.23. The molecule has 4 rings (SSSR count). The molecule has 0 aliphatic carbocycles. The van der Waals surface area contributed by atoms with Crippen LogP contribution in [0.1, 0.15) is 42.7 Å². The number of nitrogens with zero attached hydrogens (tertiary/aromatic N) is 3. The minimum absolute atomic E-state index is 0.180. The largest absolute Gasteiger partial charge is 0.496 e. The first-order valence-electron chi connectivity index (χ1n) is 9.72. The molecule has 0 bridgehead atoms. The number of aromatic nitrogens is 3. The Kier molecular flexibility index (Phi) is 5.03. The lowest BCUT2D eigenvalue weighted by Gasteiger charge is -2.13. The Morgan fingerprint density at radius 2 is 1.97 bits per heavy atom. The second kappa shape index (κ2) is 7.67. The predicted molar refractivity (Wildman–Crippen MR) is 114 cm³/mol. The van der Waals surface area contributed by atoms with Gasteiger partial charge in [-0.15, -0.1) is 0 Å². The van der Waals surface area contributed by atoms with Crippen molar-refractivity contribution in [1.82, 2.24) is 19.9 Å². The molecule has 7 heteroatoms. The summed E-state index contributed by atoms with van der Waals surface area (Å²) in [7, 11) is 1.62. The third-order valence-corrected chi connectivity index (χ3v) is 4.81. The molecule has 0 atom stereocenters. The quantitative estimate of drug-likeness (QED) is 0.538. The molecule has 4 aromatic rings. The zero-order valence-electron chi connectivity index (χ0n) is 17.5. The number of hydrogen-bond acceptors (Lipinski definition) is 5. The van der Waals surface area contributed by atoms with Gasteiger partial charge in [0.05, 0.1) is 31.3 Å². The fourth-order valence-electron chi connectivity index (χ4n) is 3.17. The number of methoxy groups -OCH3 is 1. The van der Waals surface area contributed by atoms with E-state index in [4.69, 9.17) is 14.1 Å². The first-order valence-corrected chi connectivity index (χ1v) is 9.72. The smallest absolute Gasteiger partial charge is 0.270 e. The molecule has 0 fully saturated rings. The topological polar surface area (TPSA) is 81.7 Å². The minimum atomic E-state index is -0.265. The monoisotopic (exact) mass is 404 g/mol. The van der Waals surface area contributed by atoms with Crippen LogP contribution >= 0.6 is 0 Å². The van der Waals surface area contributed by atoms with Gasteiger partial charge in [0.1, 0.15) is 17.2 Å². The van der Waals surface area contributed by atoms with Gasteiger partial charge in [0.25, 0.3) is 5.91 Å². The van der Waals surface area contributed by atoms with E-state index in [1.165, 1.54) is 0 Å². The number of furan rings is 1. The average Bonchev–Trinajstić information content (AvgIpc) is 3.40. The molecular formula is C23H24N4O3. The van der Waals surface area contributed by atoms with Gasteiger partial charge in [-0.1, -0.05) is 32.9 Å². The summed E-state index contributed by atoms with van der Waals surface area (Å²) in [5, 5.41) is 7.56. The van der Waals surface area contributed by atoms with Gasteiger partial charge < -0.3 is 14.5 Å². The Hall–Kier alpha value is -3.61. The third-order valence-electron chi connectivity index (χ3n) is 4.81. The van der Waals surface area contributed by atoms with Gasteiger partial charge in [-0.05, 0) is 30.3 Å². The zero-order chi connectivity index (χ0) is 21.3. The van der Waals surface area contributed by atoms with Crippen molar-refractivity contribution >= 4 is 11.6 Å². The number of nitrogens with one attached hydrogen (secondary N) is 1. The highest BCUT2D eigenvalue weighted by Gasteiger charge is 2.22.